The molecule has 1 rings (SSSR count). The summed E-state index contributed by atoms with van der Waals surface area (Å²) in [4.78, 5) is 11.2. The van der Waals surface area contributed by atoms with Crippen LogP contribution in [0.15, 0.2) is 0 Å². The zero-order chi connectivity index (χ0) is 10.4. The molecule has 0 saturated heterocycles. The molecule has 0 bridgehead atoms. The Balaban J connectivity index is 2.39. The molecule has 0 aromatic rings. The highest BCUT2D eigenvalue weighted by atomic mass is 16.2. The molecule has 1 saturated carbocycles. The minimum absolute atomic E-state index is 0.0394. The third kappa shape index (κ3) is 3.20. The molecule has 1 fully saturated rings. The van der Waals surface area contributed by atoms with Gasteiger partial charge in [-0.25, -0.2) is 4.79 Å². The lowest BCUT2D eigenvalue weighted by Crippen LogP contribution is -2.44. The van der Waals surface area contributed by atoms with Gasteiger partial charge >= 0.3 is 6.03 Å². The van der Waals surface area contributed by atoms with Gasteiger partial charge in [0.2, 0.25) is 0 Å². The van der Waals surface area contributed by atoms with Gasteiger partial charge in [-0.1, -0.05) is 26.2 Å². The van der Waals surface area contributed by atoms with Crippen LogP contribution in [0.2, 0.25) is 0 Å². The second-order valence-corrected chi connectivity index (χ2v) is 4.14. The van der Waals surface area contributed by atoms with Gasteiger partial charge in [0.1, 0.15) is 0 Å². The molecule has 0 heterocycles. The molecular weight excluding hydrogens is 176 g/mol. The predicted molar refractivity (Wildman–Crippen MR) is 58.2 cm³/mol. The van der Waals surface area contributed by atoms with E-state index in [1.165, 1.54) is 32.1 Å². The zero-order valence-electron chi connectivity index (χ0n) is 9.31. The fraction of sp³-hybridized carbons (Fsp3) is 0.909. The van der Waals surface area contributed by atoms with Crippen molar-refractivity contribution in [2.24, 2.45) is 5.92 Å². The van der Waals surface area contributed by atoms with E-state index in [0.29, 0.717) is 12.0 Å². The lowest BCUT2D eigenvalue weighted by atomic mass is 9.83. The Kier molecular flexibility index (Phi) is 4.77. The van der Waals surface area contributed by atoms with Gasteiger partial charge in [-0.3, -0.25) is 0 Å². The first-order valence-electron chi connectivity index (χ1n) is 5.76. The van der Waals surface area contributed by atoms with Crippen LogP contribution in [0.25, 0.3) is 0 Å². The summed E-state index contributed by atoms with van der Waals surface area (Å²) >= 11 is 0. The third-order valence-corrected chi connectivity index (χ3v) is 3.20. The smallest absolute Gasteiger partial charge is 0.314 e. The monoisotopic (exact) mass is 198 g/mol. The van der Waals surface area contributed by atoms with Crippen molar-refractivity contribution in [2.45, 2.75) is 51.5 Å². The van der Waals surface area contributed by atoms with E-state index < -0.39 is 0 Å². The van der Waals surface area contributed by atoms with E-state index in [9.17, 15) is 4.79 Å². The van der Waals surface area contributed by atoms with Gasteiger partial charge in [0.25, 0.3) is 0 Å². The van der Waals surface area contributed by atoms with Gasteiger partial charge < -0.3 is 10.6 Å². The third-order valence-electron chi connectivity index (χ3n) is 3.20. The van der Waals surface area contributed by atoms with Crippen molar-refractivity contribution in [2.75, 3.05) is 7.05 Å². The summed E-state index contributed by atoms with van der Waals surface area (Å²) in [6, 6.07) is 0.331. The molecule has 1 unspecified atom stereocenters. The van der Waals surface area contributed by atoms with E-state index in [0.717, 1.165) is 6.42 Å². The Labute approximate surface area is 86.6 Å². The fourth-order valence-electron chi connectivity index (χ4n) is 2.33. The van der Waals surface area contributed by atoms with Gasteiger partial charge in [0, 0.05) is 13.1 Å². The van der Waals surface area contributed by atoms with Crippen molar-refractivity contribution < 1.29 is 4.79 Å². The standard InChI is InChI=1S/C11H22N2O/c1-3-10(13-11(14)12-2)9-7-5-4-6-8-9/h9-10H,3-8H2,1-2H3,(H2,12,13,14). The summed E-state index contributed by atoms with van der Waals surface area (Å²) in [5.74, 6) is 0.700. The Morgan fingerprint density at radius 2 is 2.00 bits per heavy atom. The van der Waals surface area contributed by atoms with Crippen LogP contribution >= 0.6 is 0 Å². The van der Waals surface area contributed by atoms with Gasteiger partial charge in [0.15, 0.2) is 0 Å². The van der Waals surface area contributed by atoms with E-state index in [4.69, 9.17) is 0 Å². The maximum atomic E-state index is 11.2. The molecule has 0 aliphatic heterocycles. The summed E-state index contributed by atoms with van der Waals surface area (Å²) in [6.07, 6.45) is 7.63. The van der Waals surface area contributed by atoms with E-state index in [1.54, 1.807) is 7.05 Å². The quantitative estimate of drug-likeness (QED) is 0.717. The Morgan fingerprint density at radius 3 is 2.50 bits per heavy atom. The number of carbonyl (C=O) groups is 1. The highest BCUT2D eigenvalue weighted by Crippen LogP contribution is 2.27. The first-order chi connectivity index (χ1) is 6.77. The van der Waals surface area contributed by atoms with Crippen LogP contribution in [-0.4, -0.2) is 19.1 Å². The van der Waals surface area contributed by atoms with Crippen molar-refractivity contribution in [3.05, 3.63) is 0 Å². The van der Waals surface area contributed by atoms with E-state index in [-0.39, 0.29) is 6.03 Å². The first kappa shape index (κ1) is 11.3. The number of hydrogen-bond acceptors (Lipinski definition) is 1. The van der Waals surface area contributed by atoms with Crippen LogP contribution in [0.3, 0.4) is 0 Å². The average Bonchev–Trinajstić information content (AvgIpc) is 2.26. The van der Waals surface area contributed by atoms with Gasteiger partial charge in [-0.05, 0) is 25.2 Å². The lowest BCUT2D eigenvalue weighted by Gasteiger charge is -2.30. The number of carbonyl (C=O) groups excluding carboxylic acids is 1. The molecule has 1 aliphatic rings. The first-order valence-corrected chi connectivity index (χ1v) is 5.76. The van der Waals surface area contributed by atoms with Gasteiger partial charge in [-0.15, -0.1) is 0 Å². The SMILES string of the molecule is CCC(NC(=O)NC)C1CCCCC1. The average molecular weight is 198 g/mol. The molecular formula is C11H22N2O. The van der Waals surface area contributed by atoms with Crippen LogP contribution < -0.4 is 10.6 Å². The molecule has 2 amide bonds. The highest BCUT2D eigenvalue weighted by molar-refractivity contribution is 5.73. The number of nitrogens with one attached hydrogen (secondary N) is 2. The second kappa shape index (κ2) is 5.89. The maximum absolute atomic E-state index is 11.2. The van der Waals surface area contributed by atoms with Crippen LogP contribution in [0.4, 0.5) is 4.79 Å². The summed E-state index contributed by atoms with van der Waals surface area (Å²) < 4.78 is 0. The maximum Gasteiger partial charge on any atom is 0.314 e. The van der Waals surface area contributed by atoms with Crippen molar-refractivity contribution >= 4 is 6.03 Å². The van der Waals surface area contributed by atoms with Crippen molar-refractivity contribution in [3.63, 3.8) is 0 Å². The van der Waals surface area contributed by atoms with E-state index in [2.05, 4.69) is 17.6 Å². The molecule has 3 nitrogen and oxygen atoms in total. The van der Waals surface area contributed by atoms with Crippen molar-refractivity contribution in [3.8, 4) is 0 Å². The summed E-state index contributed by atoms with van der Waals surface area (Å²) in [6.45, 7) is 2.15. The molecule has 82 valence electrons. The van der Waals surface area contributed by atoms with Crippen LogP contribution in [0.5, 0.6) is 0 Å². The zero-order valence-corrected chi connectivity index (χ0v) is 9.31. The normalized spacial score (nSPS) is 20.1. The second-order valence-electron chi connectivity index (χ2n) is 4.14. The van der Waals surface area contributed by atoms with E-state index in [1.807, 2.05) is 0 Å². The Bertz CT molecular complexity index is 176. The molecule has 1 atom stereocenters. The Morgan fingerprint density at radius 1 is 1.36 bits per heavy atom. The molecule has 0 radical (unpaired) electrons. The topological polar surface area (TPSA) is 41.1 Å². The Hall–Kier alpha value is -0.730. The van der Waals surface area contributed by atoms with Crippen LogP contribution in [0.1, 0.15) is 45.4 Å². The minimum atomic E-state index is -0.0394. The summed E-state index contributed by atoms with van der Waals surface area (Å²) in [7, 11) is 1.67. The number of hydrogen-bond donors (Lipinski definition) is 2. The number of rotatable bonds is 3. The molecule has 0 aromatic heterocycles. The minimum Gasteiger partial charge on any atom is -0.341 e. The van der Waals surface area contributed by atoms with E-state index >= 15 is 0 Å². The largest absolute Gasteiger partial charge is 0.341 e. The predicted octanol–water partition coefficient (Wildman–Crippen LogP) is 2.27. The molecule has 1 aliphatic carbocycles. The van der Waals surface area contributed by atoms with Gasteiger partial charge in [0.05, 0.1) is 0 Å². The summed E-state index contributed by atoms with van der Waals surface area (Å²) in [5.41, 5.74) is 0. The molecule has 2 N–H and O–H groups in total. The number of urea groups is 1. The molecule has 14 heavy (non-hydrogen) atoms. The van der Waals surface area contributed by atoms with Crippen LogP contribution in [-0.2, 0) is 0 Å². The molecule has 0 aromatic carbocycles. The lowest BCUT2D eigenvalue weighted by molar-refractivity contribution is 0.221. The van der Waals surface area contributed by atoms with Crippen molar-refractivity contribution in [1.29, 1.82) is 0 Å². The molecule has 0 spiro atoms. The fourth-order valence-corrected chi connectivity index (χ4v) is 2.33. The summed E-state index contributed by atoms with van der Waals surface area (Å²) in [5, 5.41) is 5.65. The van der Waals surface area contributed by atoms with Crippen LogP contribution in [0, 0.1) is 5.92 Å². The van der Waals surface area contributed by atoms with Crippen molar-refractivity contribution in [1.82, 2.24) is 10.6 Å². The highest BCUT2D eigenvalue weighted by Gasteiger charge is 2.23. The van der Waals surface area contributed by atoms with Gasteiger partial charge in [-0.2, -0.15) is 0 Å². The molecule has 3 heteroatoms. The number of amides is 2.